The summed E-state index contributed by atoms with van der Waals surface area (Å²) < 4.78 is 40.8. The topological polar surface area (TPSA) is 81.9 Å². The molecule has 30 heavy (non-hydrogen) atoms. The zero-order chi connectivity index (χ0) is 23.3. The molecule has 7 heteroatoms. The van der Waals surface area contributed by atoms with Crippen LogP contribution in [0.1, 0.15) is 73.8 Å². The highest BCUT2D eigenvalue weighted by Crippen LogP contribution is 2.34. The van der Waals surface area contributed by atoms with Gasteiger partial charge in [-0.25, -0.2) is 8.42 Å². The van der Waals surface area contributed by atoms with Gasteiger partial charge in [-0.2, -0.15) is 4.31 Å². The van der Waals surface area contributed by atoms with Crippen molar-refractivity contribution in [3.63, 3.8) is 0 Å². The van der Waals surface area contributed by atoms with Crippen LogP contribution in [-0.2, 0) is 19.5 Å². The summed E-state index contributed by atoms with van der Waals surface area (Å²) in [6.07, 6.45) is 1.25. The molecule has 1 aromatic rings. The molecule has 1 aromatic carbocycles. The smallest absolute Gasteiger partial charge is 0.245 e. The van der Waals surface area contributed by atoms with E-state index in [-0.39, 0.29) is 28.3 Å². The Morgan fingerprint density at radius 3 is 2.20 bits per heavy atom. The van der Waals surface area contributed by atoms with Crippen LogP contribution in [0.3, 0.4) is 0 Å². The highest BCUT2D eigenvalue weighted by molar-refractivity contribution is 7.89. The summed E-state index contributed by atoms with van der Waals surface area (Å²) in [6.45, 7) is 18.6. The van der Waals surface area contributed by atoms with Crippen molar-refractivity contribution in [1.82, 2.24) is 4.31 Å². The number of rotatable bonds is 11. The number of hydrogen-bond donors (Lipinski definition) is 1. The van der Waals surface area contributed by atoms with Crippen LogP contribution < -0.4 is 5.73 Å². The van der Waals surface area contributed by atoms with Crippen molar-refractivity contribution >= 4 is 15.7 Å². The molecule has 0 saturated carbocycles. The summed E-state index contributed by atoms with van der Waals surface area (Å²) >= 11 is 0. The van der Waals surface area contributed by atoms with E-state index >= 15 is 0 Å². The van der Waals surface area contributed by atoms with E-state index in [1.165, 1.54) is 0 Å². The molecular weight excluding hydrogens is 400 g/mol. The van der Waals surface area contributed by atoms with E-state index in [2.05, 4.69) is 0 Å². The minimum atomic E-state index is -3.83. The second-order valence-corrected chi connectivity index (χ2v) is 11.7. The molecule has 0 aliphatic heterocycles. The number of hydrogen-bond acceptors (Lipinski definition) is 5. The van der Waals surface area contributed by atoms with Gasteiger partial charge in [0.05, 0.1) is 17.4 Å². The van der Waals surface area contributed by atoms with E-state index < -0.39 is 15.6 Å². The van der Waals surface area contributed by atoms with Crippen LogP contribution in [-0.4, -0.2) is 49.2 Å². The van der Waals surface area contributed by atoms with Gasteiger partial charge >= 0.3 is 0 Å². The van der Waals surface area contributed by atoms with E-state index in [0.29, 0.717) is 26.1 Å². The Morgan fingerprint density at radius 2 is 1.67 bits per heavy atom. The SMILES string of the molecule is Cc1ccc(N)c(S(=O)(=O)N(C(C)CCOC(C)C)C(C)(C)CCOC(C)(C)C)c1. The quantitative estimate of drug-likeness (QED) is 0.500. The zero-order valence-electron chi connectivity index (χ0n) is 20.3. The second kappa shape index (κ2) is 10.4. The molecule has 0 heterocycles. The number of sulfonamides is 1. The van der Waals surface area contributed by atoms with E-state index in [1.807, 2.05) is 68.4 Å². The van der Waals surface area contributed by atoms with Crippen LogP contribution in [0.5, 0.6) is 0 Å². The van der Waals surface area contributed by atoms with Crippen molar-refractivity contribution in [1.29, 1.82) is 0 Å². The maximum absolute atomic E-state index is 13.8. The Kier molecular flexibility index (Phi) is 9.36. The van der Waals surface area contributed by atoms with Crippen molar-refractivity contribution < 1.29 is 17.9 Å². The molecule has 0 spiro atoms. The zero-order valence-corrected chi connectivity index (χ0v) is 21.1. The van der Waals surface area contributed by atoms with Crippen LogP contribution in [0, 0.1) is 6.92 Å². The molecule has 0 amide bonds. The molecule has 2 N–H and O–H groups in total. The lowest BCUT2D eigenvalue weighted by Gasteiger charge is -2.42. The van der Waals surface area contributed by atoms with Gasteiger partial charge in [0.25, 0.3) is 0 Å². The van der Waals surface area contributed by atoms with Gasteiger partial charge in [0.2, 0.25) is 10.0 Å². The van der Waals surface area contributed by atoms with Gasteiger partial charge in [-0.15, -0.1) is 0 Å². The van der Waals surface area contributed by atoms with Gasteiger partial charge in [0.15, 0.2) is 0 Å². The number of benzene rings is 1. The van der Waals surface area contributed by atoms with Gasteiger partial charge in [-0.1, -0.05) is 6.07 Å². The number of nitrogen functional groups attached to an aromatic ring is 1. The van der Waals surface area contributed by atoms with E-state index in [9.17, 15) is 8.42 Å². The predicted octanol–water partition coefficient (Wildman–Crippen LogP) is 4.76. The lowest BCUT2D eigenvalue weighted by molar-refractivity contribution is -0.0198. The molecule has 0 fully saturated rings. The Balaban J connectivity index is 3.29. The van der Waals surface area contributed by atoms with Gasteiger partial charge in [-0.3, -0.25) is 0 Å². The molecule has 0 aromatic heterocycles. The Morgan fingerprint density at radius 1 is 1.07 bits per heavy atom. The third-order valence-electron chi connectivity index (χ3n) is 4.94. The summed E-state index contributed by atoms with van der Waals surface area (Å²) in [7, 11) is -3.83. The van der Waals surface area contributed by atoms with Crippen molar-refractivity contribution in [2.75, 3.05) is 18.9 Å². The first-order valence-electron chi connectivity index (χ1n) is 10.7. The van der Waals surface area contributed by atoms with Gasteiger partial charge < -0.3 is 15.2 Å². The molecule has 1 atom stereocenters. The number of nitrogens with two attached hydrogens (primary N) is 1. The standard InChI is InChI=1S/C23H42N2O4S/c1-17(2)28-14-12-19(4)25(23(8,9)13-15-29-22(5,6)7)30(26,27)21-16-18(3)10-11-20(21)24/h10-11,16-17,19H,12-15,24H2,1-9H3. The molecule has 1 unspecified atom stereocenters. The van der Waals surface area contributed by atoms with Crippen molar-refractivity contribution in [2.45, 2.75) is 103 Å². The molecule has 0 radical (unpaired) electrons. The lowest BCUT2D eigenvalue weighted by Crippen LogP contribution is -2.53. The highest BCUT2D eigenvalue weighted by atomic mass is 32.2. The third kappa shape index (κ3) is 7.84. The molecular formula is C23H42N2O4S. The van der Waals surface area contributed by atoms with Crippen LogP contribution in [0.25, 0.3) is 0 Å². The second-order valence-electron chi connectivity index (χ2n) is 9.92. The first-order valence-corrected chi connectivity index (χ1v) is 12.2. The maximum Gasteiger partial charge on any atom is 0.245 e. The summed E-state index contributed by atoms with van der Waals surface area (Å²) in [5, 5.41) is 0. The monoisotopic (exact) mass is 442 g/mol. The number of anilines is 1. The van der Waals surface area contributed by atoms with Crippen LogP contribution in [0.2, 0.25) is 0 Å². The minimum absolute atomic E-state index is 0.0999. The fourth-order valence-corrected chi connectivity index (χ4v) is 5.67. The van der Waals surface area contributed by atoms with E-state index in [0.717, 1.165) is 5.56 Å². The molecule has 0 aliphatic rings. The number of aryl methyl sites for hydroxylation is 1. The minimum Gasteiger partial charge on any atom is -0.398 e. The molecule has 174 valence electrons. The maximum atomic E-state index is 13.8. The fraction of sp³-hybridized carbons (Fsp3) is 0.739. The first kappa shape index (κ1) is 26.9. The number of ether oxygens (including phenoxy) is 2. The molecule has 6 nitrogen and oxygen atoms in total. The Bertz CT molecular complexity index is 783. The average Bonchev–Trinajstić information content (AvgIpc) is 2.54. The van der Waals surface area contributed by atoms with E-state index in [1.54, 1.807) is 16.4 Å². The molecule has 0 saturated heterocycles. The number of nitrogens with zero attached hydrogens (tertiary/aromatic N) is 1. The van der Waals surface area contributed by atoms with Gasteiger partial charge in [0.1, 0.15) is 4.90 Å². The van der Waals surface area contributed by atoms with Crippen molar-refractivity contribution in [3.8, 4) is 0 Å². The average molecular weight is 443 g/mol. The fourth-order valence-electron chi connectivity index (χ4n) is 3.44. The van der Waals surface area contributed by atoms with Crippen molar-refractivity contribution in [2.24, 2.45) is 0 Å². The molecule has 1 rings (SSSR count). The lowest BCUT2D eigenvalue weighted by atomic mass is 9.99. The molecule has 0 bridgehead atoms. The van der Waals surface area contributed by atoms with Crippen molar-refractivity contribution in [3.05, 3.63) is 23.8 Å². The van der Waals surface area contributed by atoms with Gasteiger partial charge in [0, 0.05) is 24.8 Å². The van der Waals surface area contributed by atoms with Gasteiger partial charge in [-0.05, 0) is 92.9 Å². The van der Waals surface area contributed by atoms with Crippen LogP contribution in [0.4, 0.5) is 5.69 Å². The Hall–Kier alpha value is -1.15. The highest BCUT2D eigenvalue weighted by Gasteiger charge is 2.41. The summed E-state index contributed by atoms with van der Waals surface area (Å²) in [6, 6.07) is 4.86. The predicted molar refractivity (Wildman–Crippen MR) is 124 cm³/mol. The largest absolute Gasteiger partial charge is 0.398 e. The first-order chi connectivity index (χ1) is 13.6. The molecule has 0 aliphatic carbocycles. The Labute approximate surface area is 184 Å². The van der Waals surface area contributed by atoms with Crippen LogP contribution >= 0.6 is 0 Å². The summed E-state index contributed by atoms with van der Waals surface area (Å²) in [5.74, 6) is 0. The van der Waals surface area contributed by atoms with E-state index in [4.69, 9.17) is 15.2 Å². The normalized spacial score (nSPS) is 14.5. The van der Waals surface area contributed by atoms with Crippen LogP contribution in [0.15, 0.2) is 23.1 Å². The third-order valence-corrected chi connectivity index (χ3v) is 7.22. The summed E-state index contributed by atoms with van der Waals surface area (Å²) in [5.41, 5.74) is 6.27. The summed E-state index contributed by atoms with van der Waals surface area (Å²) in [4.78, 5) is 0.156.